The van der Waals surface area contributed by atoms with Crippen LogP contribution in [0.25, 0.3) is 10.9 Å². The summed E-state index contributed by atoms with van der Waals surface area (Å²) in [7, 11) is 0. The van der Waals surface area contributed by atoms with E-state index in [0.717, 1.165) is 10.9 Å². The lowest BCUT2D eigenvalue weighted by atomic mass is 10.1. The summed E-state index contributed by atoms with van der Waals surface area (Å²) in [6, 6.07) is 6.65. The summed E-state index contributed by atoms with van der Waals surface area (Å²) in [5.41, 5.74) is 6.35. The van der Waals surface area contributed by atoms with Crippen molar-refractivity contribution in [1.29, 1.82) is 0 Å². The molecule has 1 aromatic carbocycles. The minimum absolute atomic E-state index is 0.269. The Morgan fingerprint density at radius 1 is 1.04 bits per heavy atom. The first kappa shape index (κ1) is 20.0. The van der Waals surface area contributed by atoms with Crippen LogP contribution < -0.4 is 5.73 Å². The van der Waals surface area contributed by atoms with Gasteiger partial charge in [-0.2, -0.15) is 0 Å². The maximum Gasteiger partial charge on any atom is 0.419 e. The first-order valence-electron chi connectivity index (χ1n) is 8.68. The zero-order valence-electron chi connectivity index (χ0n) is 16.3. The fraction of sp³-hybridized carbons (Fsp3) is 0.500. The maximum atomic E-state index is 12.5. The molecule has 0 amide bonds. The summed E-state index contributed by atoms with van der Waals surface area (Å²) in [6.07, 6.45) is 1.49. The lowest BCUT2D eigenvalue weighted by molar-refractivity contribution is -0.156. The van der Waals surface area contributed by atoms with Gasteiger partial charge in [-0.1, -0.05) is 18.2 Å². The van der Waals surface area contributed by atoms with Crippen molar-refractivity contribution < 1.29 is 19.1 Å². The van der Waals surface area contributed by atoms with Crippen LogP contribution in [0.5, 0.6) is 0 Å². The second-order valence-corrected chi connectivity index (χ2v) is 8.37. The topological polar surface area (TPSA) is 83.5 Å². The van der Waals surface area contributed by atoms with Gasteiger partial charge in [-0.05, 0) is 53.2 Å². The molecule has 6 heteroatoms. The Morgan fingerprint density at radius 2 is 1.62 bits per heavy atom. The van der Waals surface area contributed by atoms with Gasteiger partial charge in [0.15, 0.2) is 0 Å². The van der Waals surface area contributed by atoms with Gasteiger partial charge < -0.3 is 15.2 Å². The predicted octanol–water partition coefficient (Wildman–Crippen LogP) is 3.64. The van der Waals surface area contributed by atoms with Gasteiger partial charge in [0.25, 0.3) is 0 Å². The van der Waals surface area contributed by atoms with Crippen LogP contribution in [0.4, 0.5) is 4.79 Å². The molecule has 1 atom stereocenters. The molecule has 0 radical (unpaired) electrons. The van der Waals surface area contributed by atoms with Crippen molar-refractivity contribution in [2.24, 2.45) is 5.73 Å². The summed E-state index contributed by atoms with van der Waals surface area (Å²) < 4.78 is 12.3. The number of benzene rings is 1. The first-order chi connectivity index (χ1) is 11.9. The van der Waals surface area contributed by atoms with Crippen LogP contribution >= 0.6 is 0 Å². The van der Waals surface area contributed by atoms with Crippen LogP contribution in [0, 0.1) is 0 Å². The molecule has 6 nitrogen and oxygen atoms in total. The van der Waals surface area contributed by atoms with Crippen molar-refractivity contribution in [1.82, 2.24) is 4.57 Å². The summed E-state index contributed by atoms with van der Waals surface area (Å²) in [6.45, 7) is 10.8. The first-order valence-corrected chi connectivity index (χ1v) is 8.68. The van der Waals surface area contributed by atoms with E-state index in [1.54, 1.807) is 27.0 Å². The Balaban J connectivity index is 2.31. The highest BCUT2D eigenvalue weighted by Crippen LogP contribution is 2.24. The second-order valence-electron chi connectivity index (χ2n) is 8.37. The number of hydrogen-bond donors (Lipinski definition) is 1. The molecule has 2 rings (SSSR count). The van der Waals surface area contributed by atoms with Crippen molar-refractivity contribution in [3.63, 3.8) is 0 Å². The maximum absolute atomic E-state index is 12.5. The number of carbonyl (C=O) groups excluding carboxylic acids is 2. The SMILES string of the molecule is CC(C)(C)OC(=O)C(N)Cc1cn(C(=O)OC(C)(C)C)c2ccccc12. The van der Waals surface area contributed by atoms with Crippen molar-refractivity contribution >= 4 is 23.0 Å². The molecule has 0 fully saturated rings. The van der Waals surface area contributed by atoms with Gasteiger partial charge in [0.1, 0.15) is 17.2 Å². The lowest BCUT2D eigenvalue weighted by Gasteiger charge is -2.22. The van der Waals surface area contributed by atoms with Crippen molar-refractivity contribution in [2.75, 3.05) is 0 Å². The zero-order valence-corrected chi connectivity index (χ0v) is 16.3. The predicted molar refractivity (Wildman–Crippen MR) is 101 cm³/mol. The second kappa shape index (κ2) is 7.11. The fourth-order valence-corrected chi connectivity index (χ4v) is 2.57. The molecule has 0 saturated carbocycles. The molecule has 142 valence electrons. The van der Waals surface area contributed by atoms with Crippen LogP contribution in [-0.2, 0) is 20.7 Å². The lowest BCUT2D eigenvalue weighted by Crippen LogP contribution is -2.38. The van der Waals surface area contributed by atoms with Crippen molar-refractivity contribution in [3.8, 4) is 0 Å². The molecule has 1 unspecified atom stereocenters. The molecule has 0 saturated heterocycles. The van der Waals surface area contributed by atoms with E-state index in [9.17, 15) is 9.59 Å². The number of esters is 1. The third kappa shape index (κ3) is 5.08. The fourth-order valence-electron chi connectivity index (χ4n) is 2.57. The minimum atomic E-state index is -0.813. The highest BCUT2D eigenvalue weighted by molar-refractivity contribution is 5.92. The molecule has 26 heavy (non-hydrogen) atoms. The Kier molecular flexibility index (Phi) is 5.47. The number of fused-ring (bicyclic) bond motifs is 1. The molecule has 0 spiro atoms. The van der Waals surface area contributed by atoms with E-state index in [-0.39, 0.29) is 6.42 Å². The molecule has 2 aromatic rings. The smallest absolute Gasteiger partial charge is 0.419 e. The van der Waals surface area contributed by atoms with Gasteiger partial charge in [0.2, 0.25) is 0 Å². The number of ether oxygens (including phenoxy) is 2. The summed E-state index contributed by atoms with van der Waals surface area (Å²) in [5, 5.41) is 0.859. The Bertz CT molecular complexity index is 809. The van der Waals surface area contributed by atoms with Crippen LogP contribution in [-0.4, -0.2) is 33.9 Å². The number of nitrogens with two attached hydrogens (primary N) is 1. The van der Waals surface area contributed by atoms with Gasteiger partial charge in [-0.3, -0.25) is 9.36 Å². The Labute approximate surface area is 154 Å². The quantitative estimate of drug-likeness (QED) is 0.845. The molecule has 0 bridgehead atoms. The van der Waals surface area contributed by atoms with Gasteiger partial charge >= 0.3 is 12.1 Å². The molecule has 0 aliphatic rings. The zero-order chi connectivity index (χ0) is 19.7. The molecule has 1 aromatic heterocycles. The third-order valence-electron chi connectivity index (χ3n) is 3.53. The van der Waals surface area contributed by atoms with Gasteiger partial charge in [-0.15, -0.1) is 0 Å². The summed E-state index contributed by atoms with van der Waals surface area (Å²) >= 11 is 0. The van der Waals surface area contributed by atoms with Crippen LogP contribution in [0.2, 0.25) is 0 Å². The van der Waals surface area contributed by atoms with Gasteiger partial charge in [0.05, 0.1) is 5.52 Å². The number of para-hydroxylation sites is 1. The van der Waals surface area contributed by atoms with E-state index in [4.69, 9.17) is 15.2 Å². The average molecular weight is 360 g/mol. The van der Waals surface area contributed by atoms with Crippen LogP contribution in [0.15, 0.2) is 30.5 Å². The van der Waals surface area contributed by atoms with E-state index < -0.39 is 29.3 Å². The normalized spacial score (nSPS) is 13.5. The highest BCUT2D eigenvalue weighted by Gasteiger charge is 2.25. The molecule has 0 aliphatic carbocycles. The molecule has 0 aliphatic heterocycles. The van der Waals surface area contributed by atoms with Crippen molar-refractivity contribution in [3.05, 3.63) is 36.0 Å². The number of aromatic nitrogens is 1. The van der Waals surface area contributed by atoms with E-state index >= 15 is 0 Å². The summed E-state index contributed by atoms with van der Waals surface area (Å²) in [5.74, 6) is -0.466. The average Bonchev–Trinajstić information content (AvgIpc) is 2.83. The van der Waals surface area contributed by atoms with Gasteiger partial charge in [-0.25, -0.2) is 4.79 Å². The van der Waals surface area contributed by atoms with E-state index in [1.165, 1.54) is 4.57 Å². The number of rotatable bonds is 3. The standard InChI is InChI=1S/C20H28N2O4/c1-19(2,3)25-17(23)15(21)11-13-12-22(18(24)26-20(4,5)6)16-10-8-7-9-14(13)16/h7-10,12,15H,11,21H2,1-6H3. The number of hydrogen-bond acceptors (Lipinski definition) is 5. The van der Waals surface area contributed by atoms with E-state index in [2.05, 4.69) is 0 Å². The summed E-state index contributed by atoms with van der Waals surface area (Å²) in [4.78, 5) is 24.7. The van der Waals surface area contributed by atoms with Gasteiger partial charge in [0, 0.05) is 18.0 Å². The minimum Gasteiger partial charge on any atom is -0.459 e. The van der Waals surface area contributed by atoms with Crippen LogP contribution in [0.3, 0.4) is 0 Å². The third-order valence-corrected chi connectivity index (χ3v) is 3.53. The Hall–Kier alpha value is -2.34. The number of nitrogens with zero attached hydrogens (tertiary/aromatic N) is 1. The monoisotopic (exact) mass is 360 g/mol. The molecule has 1 heterocycles. The molecule has 2 N–H and O–H groups in total. The van der Waals surface area contributed by atoms with Crippen molar-refractivity contribution in [2.45, 2.75) is 65.2 Å². The number of carbonyl (C=O) groups is 2. The Morgan fingerprint density at radius 3 is 2.19 bits per heavy atom. The van der Waals surface area contributed by atoms with Crippen LogP contribution in [0.1, 0.15) is 47.1 Å². The van der Waals surface area contributed by atoms with E-state index in [1.807, 2.05) is 45.0 Å². The van der Waals surface area contributed by atoms with E-state index in [0.29, 0.717) is 5.52 Å². The highest BCUT2D eigenvalue weighted by atomic mass is 16.6. The largest absolute Gasteiger partial charge is 0.459 e. The molecular formula is C20H28N2O4. The molecular weight excluding hydrogens is 332 g/mol.